The lowest BCUT2D eigenvalue weighted by atomic mass is 9.49. The largest absolute Gasteiger partial charge is 0.451 e. The summed E-state index contributed by atoms with van der Waals surface area (Å²) in [7, 11) is -6.23. The topological polar surface area (TPSA) is 63.2 Å². The minimum Gasteiger partial charge on any atom is -0.349 e. The minimum atomic E-state index is -6.23. The molecule has 4 saturated carbocycles. The van der Waals surface area contributed by atoms with Gasteiger partial charge in [-0.25, -0.2) is 0 Å². The lowest BCUT2D eigenvalue weighted by Crippen LogP contribution is -2.53. The van der Waals surface area contributed by atoms with Crippen molar-refractivity contribution in [1.82, 2.24) is 5.32 Å². The zero-order chi connectivity index (χ0) is 15.5. The Bertz CT molecular complexity index is 526. The summed E-state index contributed by atoms with van der Waals surface area (Å²) in [6, 6.07) is 0. The van der Waals surface area contributed by atoms with Crippen molar-refractivity contribution in [2.75, 3.05) is 6.54 Å². The highest BCUT2D eigenvalue weighted by molar-refractivity contribution is 7.88. The van der Waals surface area contributed by atoms with E-state index in [4.69, 9.17) is 0 Å². The van der Waals surface area contributed by atoms with Gasteiger partial charge in [0.2, 0.25) is 0 Å². The third-order valence-electron chi connectivity index (χ3n) is 5.36. The molecule has 0 heterocycles. The Balaban J connectivity index is 1.67. The molecular weight excluding hydrogens is 307 g/mol. The van der Waals surface area contributed by atoms with Gasteiger partial charge in [0.1, 0.15) is 0 Å². The Morgan fingerprint density at radius 3 is 1.90 bits per heavy atom. The fourth-order valence-electron chi connectivity index (χ4n) is 4.99. The normalized spacial score (nSPS) is 38.5. The van der Waals surface area contributed by atoms with Crippen molar-refractivity contribution in [2.24, 2.45) is 23.2 Å². The summed E-state index contributed by atoms with van der Waals surface area (Å²) in [5.74, 6) is -0.309. The van der Waals surface area contributed by atoms with Crippen molar-refractivity contribution in [3.8, 4) is 0 Å². The molecule has 0 aromatic heterocycles. The van der Waals surface area contributed by atoms with E-state index in [2.05, 4.69) is 0 Å². The summed E-state index contributed by atoms with van der Waals surface area (Å²) in [5, 5.41) is -3.03. The second-order valence-corrected chi connectivity index (χ2v) is 8.44. The van der Waals surface area contributed by atoms with Crippen LogP contribution >= 0.6 is 0 Å². The Labute approximate surface area is 121 Å². The average Bonchev–Trinajstić information content (AvgIpc) is 2.32. The smallest absolute Gasteiger partial charge is 0.349 e. The maximum Gasteiger partial charge on any atom is 0.451 e. The summed E-state index contributed by atoms with van der Waals surface area (Å²) in [5.41, 5.74) is -0.208. The standard InChI is InChI=1S/C13H18F3NO3S/c14-13(15,21(16,19)20)11(18)17-7-12-4-8-1-9(5-12)3-10(2-8)6-12/h8-10H,1-7H2,(H,17,18). The summed E-state index contributed by atoms with van der Waals surface area (Å²) in [6.07, 6.45) is 6.15. The molecule has 120 valence electrons. The fraction of sp³-hybridized carbons (Fsp3) is 0.923. The van der Waals surface area contributed by atoms with Crippen LogP contribution in [0.1, 0.15) is 38.5 Å². The van der Waals surface area contributed by atoms with Crippen LogP contribution in [0.2, 0.25) is 0 Å². The van der Waals surface area contributed by atoms with Crippen LogP contribution in [0, 0.1) is 23.2 Å². The van der Waals surface area contributed by atoms with E-state index in [1.165, 1.54) is 19.3 Å². The molecule has 4 nitrogen and oxygen atoms in total. The van der Waals surface area contributed by atoms with Crippen LogP contribution in [-0.4, -0.2) is 26.1 Å². The van der Waals surface area contributed by atoms with Gasteiger partial charge in [0.25, 0.3) is 0 Å². The molecule has 4 aliphatic carbocycles. The Morgan fingerprint density at radius 2 is 1.52 bits per heavy atom. The van der Waals surface area contributed by atoms with Gasteiger partial charge in [0, 0.05) is 6.54 Å². The number of carbonyl (C=O) groups excluding carboxylic acids is 1. The first-order valence-corrected chi connectivity index (χ1v) is 8.60. The molecule has 0 spiro atoms. The molecule has 0 aliphatic heterocycles. The maximum absolute atomic E-state index is 13.1. The van der Waals surface area contributed by atoms with Crippen molar-refractivity contribution in [3.63, 3.8) is 0 Å². The molecule has 0 atom stereocenters. The van der Waals surface area contributed by atoms with Gasteiger partial charge in [-0.2, -0.15) is 17.2 Å². The molecule has 4 fully saturated rings. The lowest BCUT2D eigenvalue weighted by Gasteiger charge is -2.56. The van der Waals surface area contributed by atoms with Gasteiger partial charge < -0.3 is 5.32 Å². The molecule has 21 heavy (non-hydrogen) atoms. The zero-order valence-electron chi connectivity index (χ0n) is 11.4. The predicted molar refractivity (Wildman–Crippen MR) is 68.6 cm³/mol. The van der Waals surface area contributed by atoms with E-state index in [-0.39, 0.29) is 12.0 Å². The van der Waals surface area contributed by atoms with Gasteiger partial charge in [0.15, 0.2) is 0 Å². The maximum atomic E-state index is 13.1. The van der Waals surface area contributed by atoms with Gasteiger partial charge in [-0.3, -0.25) is 4.79 Å². The zero-order valence-corrected chi connectivity index (χ0v) is 12.3. The van der Waals surface area contributed by atoms with Crippen LogP contribution in [0.4, 0.5) is 12.7 Å². The van der Waals surface area contributed by atoms with Gasteiger partial charge in [0.05, 0.1) is 0 Å². The molecule has 1 amide bonds. The van der Waals surface area contributed by atoms with Gasteiger partial charge in [-0.05, 0) is 61.7 Å². The highest BCUT2D eigenvalue weighted by Gasteiger charge is 2.55. The fourth-order valence-corrected chi connectivity index (χ4v) is 5.28. The highest BCUT2D eigenvalue weighted by Crippen LogP contribution is 2.59. The molecule has 4 aliphatic rings. The van der Waals surface area contributed by atoms with Gasteiger partial charge in [-0.1, -0.05) is 3.89 Å². The van der Waals surface area contributed by atoms with E-state index in [1.54, 1.807) is 0 Å². The number of nitrogens with one attached hydrogen (secondary N) is 1. The second-order valence-electron chi connectivity index (χ2n) is 7.05. The Morgan fingerprint density at radius 1 is 1.10 bits per heavy atom. The van der Waals surface area contributed by atoms with Crippen LogP contribution in [0.5, 0.6) is 0 Å². The Hall–Kier alpha value is -0.790. The van der Waals surface area contributed by atoms with Crippen molar-refractivity contribution < 1.29 is 25.9 Å². The number of alkyl halides is 2. The number of amides is 1. The second kappa shape index (κ2) is 4.60. The van der Waals surface area contributed by atoms with Crippen molar-refractivity contribution in [1.29, 1.82) is 0 Å². The molecule has 1 N–H and O–H groups in total. The summed E-state index contributed by atoms with van der Waals surface area (Å²) >= 11 is 0. The molecule has 4 bridgehead atoms. The predicted octanol–water partition coefficient (Wildman–Crippen LogP) is 2.21. The van der Waals surface area contributed by atoms with Crippen LogP contribution in [-0.2, 0) is 15.0 Å². The SMILES string of the molecule is O=C(NCC12CC3CC(CC(C3)C1)C2)C(F)(F)S(=O)(=O)F. The first-order valence-electron chi connectivity index (χ1n) is 7.22. The van der Waals surface area contributed by atoms with E-state index in [9.17, 15) is 25.9 Å². The number of hydrogen-bond donors (Lipinski definition) is 1. The van der Waals surface area contributed by atoms with Crippen molar-refractivity contribution in [3.05, 3.63) is 0 Å². The molecule has 0 unspecified atom stereocenters. The number of hydrogen-bond acceptors (Lipinski definition) is 3. The quantitative estimate of drug-likeness (QED) is 0.806. The molecule has 8 heteroatoms. The van der Waals surface area contributed by atoms with E-state index >= 15 is 0 Å². The number of rotatable bonds is 4. The van der Waals surface area contributed by atoms with Crippen molar-refractivity contribution in [2.45, 2.75) is 43.8 Å². The first kappa shape index (κ1) is 15.1. The van der Waals surface area contributed by atoms with E-state index in [1.807, 2.05) is 5.32 Å². The summed E-state index contributed by atoms with van der Waals surface area (Å²) in [6.45, 7) is 0.0143. The van der Waals surface area contributed by atoms with Gasteiger partial charge in [-0.15, -0.1) is 0 Å². The minimum absolute atomic E-state index is 0.0143. The van der Waals surface area contributed by atoms with Gasteiger partial charge >= 0.3 is 21.4 Å². The molecule has 0 aromatic carbocycles. The number of halogens is 3. The average molecular weight is 325 g/mol. The van der Waals surface area contributed by atoms with E-state index < -0.39 is 21.4 Å². The first-order chi connectivity index (χ1) is 9.61. The number of carbonyl (C=O) groups is 1. The monoisotopic (exact) mass is 325 g/mol. The van der Waals surface area contributed by atoms with Crippen LogP contribution in [0.15, 0.2) is 0 Å². The summed E-state index contributed by atoms with van der Waals surface area (Å²) < 4.78 is 59.4. The molecule has 0 aromatic rings. The molecule has 4 rings (SSSR count). The van der Waals surface area contributed by atoms with Crippen LogP contribution in [0.3, 0.4) is 0 Å². The van der Waals surface area contributed by atoms with Crippen LogP contribution < -0.4 is 5.32 Å². The van der Waals surface area contributed by atoms with E-state index in [0.717, 1.165) is 19.3 Å². The molecule has 0 saturated heterocycles. The van der Waals surface area contributed by atoms with E-state index in [0.29, 0.717) is 17.8 Å². The summed E-state index contributed by atoms with van der Waals surface area (Å²) in [4.78, 5) is 11.3. The molecular formula is C13H18F3NO3S. The van der Waals surface area contributed by atoms with Crippen molar-refractivity contribution >= 4 is 16.1 Å². The third-order valence-corrected chi connectivity index (χ3v) is 6.16. The lowest BCUT2D eigenvalue weighted by molar-refractivity contribution is -0.137. The third kappa shape index (κ3) is 2.55. The highest BCUT2D eigenvalue weighted by atomic mass is 32.3. The van der Waals surface area contributed by atoms with Crippen LogP contribution in [0.25, 0.3) is 0 Å². The Kier molecular flexibility index (Phi) is 3.31. The molecule has 0 radical (unpaired) electrons.